The van der Waals surface area contributed by atoms with Gasteiger partial charge < -0.3 is 14.4 Å². The summed E-state index contributed by atoms with van der Waals surface area (Å²) >= 11 is 0. The average molecular weight is 272 g/mol. The molecule has 0 aliphatic carbocycles. The van der Waals surface area contributed by atoms with Crippen molar-refractivity contribution in [2.75, 3.05) is 7.11 Å². The second-order valence-electron chi connectivity index (χ2n) is 4.95. The van der Waals surface area contributed by atoms with Crippen LogP contribution < -0.4 is 0 Å². The van der Waals surface area contributed by atoms with E-state index in [-0.39, 0.29) is 17.6 Å². The van der Waals surface area contributed by atoms with E-state index in [1.807, 2.05) is 16.8 Å². The molecule has 2 aromatic rings. The maximum atomic E-state index is 11.8. The van der Waals surface area contributed by atoms with Crippen molar-refractivity contribution in [1.82, 2.24) is 9.55 Å². The molecule has 1 aliphatic rings. The highest BCUT2D eigenvalue weighted by atomic mass is 16.5. The predicted molar refractivity (Wildman–Crippen MR) is 73.3 cm³/mol. The Kier molecular flexibility index (Phi) is 3.18. The van der Waals surface area contributed by atoms with Crippen LogP contribution in [0.15, 0.2) is 30.5 Å². The lowest BCUT2D eigenvalue weighted by Gasteiger charge is -2.20. The fourth-order valence-electron chi connectivity index (χ4n) is 2.65. The number of rotatable bonds is 2. The molecular weight excluding hydrogens is 256 g/mol. The summed E-state index contributed by atoms with van der Waals surface area (Å²) in [6.45, 7) is 0.856. The monoisotopic (exact) mass is 272 g/mol. The topological polar surface area (TPSA) is 64.3 Å². The number of fused-ring (bicyclic) bond motifs is 1. The molecule has 0 amide bonds. The second kappa shape index (κ2) is 5.00. The third-order valence-corrected chi connectivity index (χ3v) is 3.64. The summed E-state index contributed by atoms with van der Waals surface area (Å²) in [5.41, 5.74) is 1.61. The third kappa shape index (κ3) is 2.15. The molecule has 0 saturated carbocycles. The zero-order valence-electron chi connectivity index (χ0n) is 11.2. The van der Waals surface area contributed by atoms with E-state index in [0.29, 0.717) is 0 Å². The molecule has 5 heteroatoms. The van der Waals surface area contributed by atoms with Crippen LogP contribution in [0.4, 0.5) is 0 Å². The molecule has 0 radical (unpaired) electrons. The number of carbonyl (C=O) groups excluding carboxylic acids is 1. The number of phenols is 1. The SMILES string of the molecule is COC(=O)C1CCCn2cc(-c3cccc(O)c3)nc21. The number of aryl methyl sites for hydroxylation is 1. The molecule has 0 fully saturated rings. The van der Waals surface area contributed by atoms with Crippen LogP contribution in [0.1, 0.15) is 24.6 Å². The highest BCUT2D eigenvalue weighted by Crippen LogP contribution is 2.31. The van der Waals surface area contributed by atoms with Crippen LogP contribution in [0.2, 0.25) is 0 Å². The van der Waals surface area contributed by atoms with Gasteiger partial charge in [0.1, 0.15) is 17.5 Å². The first-order valence-electron chi connectivity index (χ1n) is 6.63. The number of phenolic OH excluding ortho intramolecular Hbond substituents is 1. The summed E-state index contributed by atoms with van der Waals surface area (Å²) in [7, 11) is 1.40. The maximum absolute atomic E-state index is 11.8. The fraction of sp³-hybridized carbons (Fsp3) is 0.333. The fourth-order valence-corrected chi connectivity index (χ4v) is 2.65. The van der Waals surface area contributed by atoms with Crippen molar-refractivity contribution in [3.8, 4) is 17.0 Å². The number of hydrogen-bond donors (Lipinski definition) is 1. The lowest BCUT2D eigenvalue weighted by atomic mass is 9.99. The number of ether oxygens (including phenoxy) is 1. The molecule has 1 N–H and O–H groups in total. The van der Waals surface area contributed by atoms with Crippen LogP contribution >= 0.6 is 0 Å². The minimum absolute atomic E-state index is 0.206. The number of nitrogens with zero attached hydrogens (tertiary/aromatic N) is 2. The summed E-state index contributed by atoms with van der Waals surface area (Å²) in [6.07, 6.45) is 3.63. The average Bonchev–Trinajstić information content (AvgIpc) is 2.90. The summed E-state index contributed by atoms with van der Waals surface area (Å²) in [6, 6.07) is 6.96. The zero-order valence-corrected chi connectivity index (χ0v) is 11.2. The second-order valence-corrected chi connectivity index (χ2v) is 4.95. The summed E-state index contributed by atoms with van der Waals surface area (Å²) in [4.78, 5) is 16.4. The largest absolute Gasteiger partial charge is 0.508 e. The number of methoxy groups -OCH3 is 1. The molecule has 0 saturated heterocycles. The molecular formula is C15H16N2O3. The molecule has 1 atom stereocenters. The van der Waals surface area contributed by atoms with E-state index in [1.165, 1.54) is 7.11 Å². The van der Waals surface area contributed by atoms with E-state index in [2.05, 4.69) is 4.98 Å². The molecule has 0 bridgehead atoms. The van der Waals surface area contributed by atoms with Gasteiger partial charge in [0, 0.05) is 18.3 Å². The molecule has 0 spiro atoms. The molecule has 3 rings (SSSR count). The van der Waals surface area contributed by atoms with E-state index in [1.54, 1.807) is 18.2 Å². The van der Waals surface area contributed by atoms with Crippen molar-refractivity contribution in [2.24, 2.45) is 0 Å². The van der Waals surface area contributed by atoms with Crippen LogP contribution in [-0.4, -0.2) is 27.7 Å². The molecule has 1 aromatic heterocycles. The number of esters is 1. The summed E-state index contributed by atoms with van der Waals surface area (Å²) in [5.74, 6) is 0.429. The lowest BCUT2D eigenvalue weighted by molar-refractivity contribution is -0.143. The predicted octanol–water partition coefficient (Wildman–Crippen LogP) is 2.31. The first-order valence-corrected chi connectivity index (χ1v) is 6.63. The quantitative estimate of drug-likeness (QED) is 0.852. The van der Waals surface area contributed by atoms with E-state index in [4.69, 9.17) is 4.74 Å². The zero-order chi connectivity index (χ0) is 14.1. The number of imidazole rings is 1. The standard InChI is InChI=1S/C15H16N2O3/c1-20-15(19)12-6-3-7-17-9-13(16-14(12)17)10-4-2-5-11(18)8-10/h2,4-5,8-9,12,18H,3,6-7H2,1H3. The van der Waals surface area contributed by atoms with Gasteiger partial charge in [-0.15, -0.1) is 0 Å². The van der Waals surface area contributed by atoms with Crippen LogP contribution in [-0.2, 0) is 16.1 Å². The van der Waals surface area contributed by atoms with Gasteiger partial charge in [0.05, 0.1) is 12.8 Å². The molecule has 1 unspecified atom stereocenters. The molecule has 1 aromatic carbocycles. The van der Waals surface area contributed by atoms with Gasteiger partial charge in [-0.3, -0.25) is 4.79 Å². The van der Waals surface area contributed by atoms with Crippen molar-refractivity contribution >= 4 is 5.97 Å². The van der Waals surface area contributed by atoms with Crippen molar-refractivity contribution < 1.29 is 14.6 Å². The van der Waals surface area contributed by atoms with E-state index >= 15 is 0 Å². The first kappa shape index (κ1) is 12.7. The third-order valence-electron chi connectivity index (χ3n) is 3.64. The van der Waals surface area contributed by atoms with Gasteiger partial charge in [0.25, 0.3) is 0 Å². The van der Waals surface area contributed by atoms with Gasteiger partial charge in [-0.2, -0.15) is 0 Å². The smallest absolute Gasteiger partial charge is 0.316 e. The molecule has 2 heterocycles. The Hall–Kier alpha value is -2.30. The van der Waals surface area contributed by atoms with Crippen LogP contribution in [0.5, 0.6) is 5.75 Å². The van der Waals surface area contributed by atoms with Gasteiger partial charge in [0.15, 0.2) is 0 Å². The normalized spacial score (nSPS) is 17.6. The highest BCUT2D eigenvalue weighted by Gasteiger charge is 2.30. The summed E-state index contributed by atoms with van der Waals surface area (Å²) in [5, 5.41) is 9.55. The number of benzene rings is 1. The minimum Gasteiger partial charge on any atom is -0.508 e. The van der Waals surface area contributed by atoms with Crippen molar-refractivity contribution in [3.05, 3.63) is 36.3 Å². The molecule has 5 nitrogen and oxygen atoms in total. The van der Waals surface area contributed by atoms with Gasteiger partial charge in [-0.1, -0.05) is 12.1 Å². The van der Waals surface area contributed by atoms with Crippen LogP contribution in [0.25, 0.3) is 11.3 Å². The number of aromatic nitrogens is 2. The van der Waals surface area contributed by atoms with Gasteiger partial charge >= 0.3 is 5.97 Å². The Labute approximate surface area is 116 Å². The molecule has 20 heavy (non-hydrogen) atoms. The van der Waals surface area contributed by atoms with E-state index < -0.39 is 0 Å². The first-order chi connectivity index (χ1) is 9.69. The van der Waals surface area contributed by atoms with Gasteiger partial charge in [-0.05, 0) is 25.0 Å². The van der Waals surface area contributed by atoms with Gasteiger partial charge in [0.2, 0.25) is 0 Å². The molecule has 104 valence electrons. The Bertz CT molecular complexity index is 648. The van der Waals surface area contributed by atoms with Crippen LogP contribution in [0, 0.1) is 0 Å². The van der Waals surface area contributed by atoms with E-state index in [9.17, 15) is 9.90 Å². The number of carbonyl (C=O) groups is 1. The Balaban J connectivity index is 2.01. The van der Waals surface area contributed by atoms with Crippen molar-refractivity contribution in [2.45, 2.75) is 25.3 Å². The van der Waals surface area contributed by atoms with E-state index in [0.717, 1.165) is 36.5 Å². The van der Waals surface area contributed by atoms with Crippen molar-refractivity contribution in [1.29, 1.82) is 0 Å². The Morgan fingerprint density at radius 1 is 1.50 bits per heavy atom. The maximum Gasteiger partial charge on any atom is 0.316 e. The summed E-state index contributed by atoms with van der Waals surface area (Å²) < 4.78 is 6.85. The van der Waals surface area contributed by atoms with Crippen molar-refractivity contribution in [3.63, 3.8) is 0 Å². The van der Waals surface area contributed by atoms with Crippen LogP contribution in [0.3, 0.4) is 0 Å². The highest BCUT2D eigenvalue weighted by molar-refractivity contribution is 5.77. The lowest BCUT2D eigenvalue weighted by Crippen LogP contribution is -2.23. The molecule has 1 aliphatic heterocycles. The Morgan fingerprint density at radius 2 is 2.35 bits per heavy atom. The number of hydrogen-bond acceptors (Lipinski definition) is 4. The number of aromatic hydroxyl groups is 1. The Morgan fingerprint density at radius 3 is 3.10 bits per heavy atom. The van der Waals surface area contributed by atoms with Gasteiger partial charge in [-0.25, -0.2) is 4.98 Å². The minimum atomic E-state index is -0.292.